The van der Waals surface area contributed by atoms with Crippen molar-refractivity contribution in [1.29, 1.82) is 0 Å². The maximum atomic E-state index is 13.1. The van der Waals surface area contributed by atoms with E-state index in [1.54, 1.807) is 24.1 Å². The topological polar surface area (TPSA) is 84.9 Å². The molecule has 1 aliphatic heterocycles. The van der Waals surface area contributed by atoms with Crippen LogP contribution >= 0.6 is 0 Å². The first-order valence-corrected chi connectivity index (χ1v) is 11.5. The maximum Gasteiger partial charge on any atom is 0.257 e. The molecule has 0 unspecified atom stereocenters. The van der Waals surface area contributed by atoms with Crippen LogP contribution in [0.25, 0.3) is 0 Å². The highest BCUT2D eigenvalue weighted by Crippen LogP contribution is 2.27. The second-order valence-corrected chi connectivity index (χ2v) is 8.93. The second kappa shape index (κ2) is 9.49. The average Bonchev–Trinajstić information content (AvgIpc) is 3.31. The summed E-state index contributed by atoms with van der Waals surface area (Å²) >= 11 is 0. The van der Waals surface area contributed by atoms with Crippen molar-refractivity contribution in [2.24, 2.45) is 0 Å². The van der Waals surface area contributed by atoms with E-state index in [9.17, 15) is 13.2 Å². The summed E-state index contributed by atoms with van der Waals surface area (Å²) in [6, 6.07) is 11.3. The van der Waals surface area contributed by atoms with Crippen molar-refractivity contribution < 1.29 is 22.7 Å². The number of nitrogens with one attached hydrogen (secondary N) is 1. The summed E-state index contributed by atoms with van der Waals surface area (Å²) in [5.41, 5.74) is 1.10. The normalized spacial score (nSPS) is 15.1. The van der Waals surface area contributed by atoms with Gasteiger partial charge in [-0.15, -0.1) is 0 Å². The Balaban J connectivity index is 1.88. The summed E-state index contributed by atoms with van der Waals surface area (Å²) in [7, 11) is -0.793. The fourth-order valence-corrected chi connectivity index (χ4v) is 4.92. The van der Waals surface area contributed by atoms with Crippen molar-refractivity contribution in [3.63, 3.8) is 0 Å². The number of methoxy groups -OCH3 is 2. The van der Waals surface area contributed by atoms with Crippen molar-refractivity contribution in [3.05, 3.63) is 53.6 Å². The molecule has 7 nitrogen and oxygen atoms in total. The van der Waals surface area contributed by atoms with Gasteiger partial charge in [0.05, 0.1) is 24.7 Å². The quantitative estimate of drug-likeness (QED) is 0.691. The molecular weight excluding hydrogens is 404 g/mol. The number of rotatable bonds is 8. The van der Waals surface area contributed by atoms with Crippen LogP contribution in [0.3, 0.4) is 0 Å². The van der Waals surface area contributed by atoms with Crippen LogP contribution in [0.5, 0.6) is 11.5 Å². The van der Waals surface area contributed by atoms with Gasteiger partial charge in [-0.05, 0) is 55.2 Å². The fourth-order valence-electron chi connectivity index (χ4n) is 3.59. The van der Waals surface area contributed by atoms with Gasteiger partial charge in [-0.3, -0.25) is 4.79 Å². The molecule has 1 aliphatic rings. The predicted molar refractivity (Wildman–Crippen MR) is 114 cm³/mol. The first kappa shape index (κ1) is 22.1. The maximum absolute atomic E-state index is 13.1. The summed E-state index contributed by atoms with van der Waals surface area (Å²) in [5.74, 6) is 0.869. The van der Waals surface area contributed by atoms with Gasteiger partial charge in [-0.2, -0.15) is 0 Å². The zero-order valence-electron chi connectivity index (χ0n) is 17.6. The first-order valence-electron chi connectivity index (χ1n) is 10.0. The molecule has 2 aromatic carbocycles. The Morgan fingerprint density at radius 2 is 1.73 bits per heavy atom. The molecule has 1 atom stereocenters. The second-order valence-electron chi connectivity index (χ2n) is 7.22. The Kier molecular flexibility index (Phi) is 6.99. The minimum atomic E-state index is -3.85. The van der Waals surface area contributed by atoms with E-state index in [1.807, 2.05) is 19.1 Å². The lowest BCUT2D eigenvalue weighted by Crippen LogP contribution is -2.30. The Morgan fingerprint density at radius 1 is 1.07 bits per heavy atom. The third-order valence-corrected chi connectivity index (χ3v) is 6.80. The van der Waals surface area contributed by atoms with Gasteiger partial charge in [-0.25, -0.2) is 13.1 Å². The number of carbonyl (C=O) groups is 1. The first-order chi connectivity index (χ1) is 14.4. The molecular formula is C22H28N2O5S. The van der Waals surface area contributed by atoms with E-state index in [-0.39, 0.29) is 16.4 Å². The lowest BCUT2D eigenvalue weighted by molar-refractivity contribution is 0.0789. The summed E-state index contributed by atoms with van der Waals surface area (Å²) in [6.07, 6.45) is 2.47. The smallest absolute Gasteiger partial charge is 0.257 e. The summed E-state index contributed by atoms with van der Waals surface area (Å²) in [6.45, 7) is 3.26. The number of carbonyl (C=O) groups excluding carboxylic acids is 1. The summed E-state index contributed by atoms with van der Waals surface area (Å²) in [5, 5.41) is 0. The van der Waals surface area contributed by atoms with Crippen LogP contribution in [0, 0.1) is 0 Å². The monoisotopic (exact) mass is 432 g/mol. The highest BCUT2D eigenvalue weighted by Gasteiger charge is 2.26. The van der Waals surface area contributed by atoms with E-state index in [1.165, 1.54) is 25.3 Å². The van der Waals surface area contributed by atoms with Crippen molar-refractivity contribution in [2.45, 2.75) is 37.1 Å². The molecule has 30 heavy (non-hydrogen) atoms. The molecule has 1 heterocycles. The van der Waals surface area contributed by atoms with Crippen molar-refractivity contribution in [3.8, 4) is 11.5 Å². The van der Waals surface area contributed by atoms with Crippen LogP contribution in [-0.2, 0) is 10.0 Å². The molecule has 0 bridgehead atoms. The highest BCUT2D eigenvalue weighted by molar-refractivity contribution is 7.89. The molecule has 0 aromatic heterocycles. The zero-order chi connectivity index (χ0) is 21.7. The van der Waals surface area contributed by atoms with Crippen LogP contribution in [0.15, 0.2) is 47.4 Å². The van der Waals surface area contributed by atoms with Crippen LogP contribution in [-0.4, -0.2) is 46.5 Å². The van der Waals surface area contributed by atoms with Gasteiger partial charge in [0.25, 0.3) is 5.91 Å². The minimum absolute atomic E-state index is 0.0396. The number of nitrogens with zero attached hydrogens (tertiary/aromatic N) is 1. The van der Waals surface area contributed by atoms with Crippen LogP contribution < -0.4 is 14.2 Å². The zero-order valence-corrected chi connectivity index (χ0v) is 18.4. The molecule has 2 aromatic rings. The SMILES string of the molecule is CC[C@H](NS(=O)(=O)c1ccc(OC)c(C(=O)N2CCCC2)c1)c1ccc(OC)cc1. The minimum Gasteiger partial charge on any atom is -0.497 e. The van der Waals surface area contributed by atoms with Crippen LogP contribution in [0.2, 0.25) is 0 Å². The van der Waals surface area contributed by atoms with E-state index < -0.39 is 16.1 Å². The van der Waals surface area contributed by atoms with Crippen LogP contribution in [0.4, 0.5) is 0 Å². The van der Waals surface area contributed by atoms with Gasteiger partial charge < -0.3 is 14.4 Å². The van der Waals surface area contributed by atoms with Crippen LogP contribution in [0.1, 0.15) is 48.1 Å². The number of sulfonamides is 1. The molecule has 1 amide bonds. The molecule has 1 N–H and O–H groups in total. The molecule has 0 aliphatic carbocycles. The molecule has 0 spiro atoms. The lowest BCUT2D eigenvalue weighted by Gasteiger charge is -2.20. The number of benzene rings is 2. The number of hydrogen-bond donors (Lipinski definition) is 1. The Hall–Kier alpha value is -2.58. The molecule has 8 heteroatoms. The van der Waals surface area contributed by atoms with Crippen molar-refractivity contribution >= 4 is 15.9 Å². The van der Waals surface area contributed by atoms with Gasteiger partial charge in [0.2, 0.25) is 10.0 Å². The van der Waals surface area contributed by atoms with E-state index in [4.69, 9.17) is 9.47 Å². The Morgan fingerprint density at radius 3 is 2.30 bits per heavy atom. The Labute approximate surface area is 178 Å². The van der Waals surface area contributed by atoms with Gasteiger partial charge in [0.1, 0.15) is 11.5 Å². The predicted octanol–water partition coefficient (Wildman–Crippen LogP) is 3.37. The van der Waals surface area contributed by atoms with E-state index >= 15 is 0 Å². The number of hydrogen-bond acceptors (Lipinski definition) is 5. The van der Waals surface area contributed by atoms with Gasteiger partial charge in [0.15, 0.2) is 0 Å². The Bertz CT molecular complexity index is 983. The van der Waals surface area contributed by atoms with Gasteiger partial charge >= 0.3 is 0 Å². The van der Waals surface area contributed by atoms with E-state index in [0.717, 1.165) is 18.4 Å². The highest BCUT2D eigenvalue weighted by atomic mass is 32.2. The third kappa shape index (κ3) is 4.76. The van der Waals surface area contributed by atoms with Crippen molar-refractivity contribution in [2.75, 3.05) is 27.3 Å². The van der Waals surface area contributed by atoms with Crippen molar-refractivity contribution in [1.82, 2.24) is 9.62 Å². The standard InChI is InChI=1S/C22H28N2O5S/c1-4-20(16-7-9-17(28-2)10-8-16)23-30(26,27)18-11-12-21(29-3)19(15-18)22(25)24-13-5-6-14-24/h7-12,15,20,23H,4-6,13-14H2,1-3H3/t20-/m0/s1. The summed E-state index contributed by atoms with van der Waals surface area (Å²) in [4.78, 5) is 14.7. The van der Waals surface area contributed by atoms with Gasteiger partial charge in [0, 0.05) is 19.1 Å². The van der Waals surface area contributed by atoms with E-state index in [0.29, 0.717) is 31.0 Å². The molecule has 162 valence electrons. The lowest BCUT2D eigenvalue weighted by atomic mass is 10.1. The molecule has 0 saturated carbocycles. The molecule has 0 radical (unpaired) electrons. The fraction of sp³-hybridized carbons (Fsp3) is 0.409. The third-order valence-electron chi connectivity index (χ3n) is 5.33. The largest absolute Gasteiger partial charge is 0.497 e. The average molecular weight is 433 g/mol. The van der Waals surface area contributed by atoms with Gasteiger partial charge in [-0.1, -0.05) is 19.1 Å². The van der Waals surface area contributed by atoms with E-state index in [2.05, 4.69) is 4.72 Å². The number of likely N-dealkylation sites (tertiary alicyclic amines) is 1. The molecule has 1 saturated heterocycles. The number of ether oxygens (including phenoxy) is 2. The molecule has 1 fully saturated rings. The summed E-state index contributed by atoms with van der Waals surface area (Å²) < 4.78 is 39.4. The number of amides is 1. The molecule has 3 rings (SSSR count).